The van der Waals surface area contributed by atoms with Gasteiger partial charge in [-0.05, 0) is 48.4 Å². The first-order valence-corrected chi connectivity index (χ1v) is 10.7. The second-order valence-corrected chi connectivity index (χ2v) is 8.52. The van der Waals surface area contributed by atoms with Crippen LogP contribution in [0.4, 0.5) is 13.2 Å². The van der Waals surface area contributed by atoms with Gasteiger partial charge in [0.15, 0.2) is 0 Å². The lowest BCUT2D eigenvalue weighted by atomic mass is 9.87. The van der Waals surface area contributed by atoms with Crippen LogP contribution >= 0.6 is 11.6 Å². The van der Waals surface area contributed by atoms with Crippen molar-refractivity contribution < 1.29 is 23.1 Å². The number of benzene rings is 1. The van der Waals surface area contributed by atoms with E-state index in [1.807, 2.05) is 0 Å². The van der Waals surface area contributed by atoms with E-state index in [-0.39, 0.29) is 58.3 Å². The molecular formula is C22H20ClF3N6O2. The third-order valence-electron chi connectivity index (χ3n) is 5.59. The summed E-state index contributed by atoms with van der Waals surface area (Å²) in [4.78, 5) is 17.8. The largest absolute Gasteiger partial charge is 0.380 e. The zero-order valence-electron chi connectivity index (χ0n) is 18.2. The molecule has 2 unspecified atom stereocenters. The Labute approximate surface area is 197 Å². The molecule has 1 aliphatic rings. The summed E-state index contributed by atoms with van der Waals surface area (Å²) in [6.45, 7) is 1.50. The Kier molecular flexibility index (Phi) is 6.41. The maximum atomic E-state index is 15.1. The fraction of sp³-hybridized carbons (Fsp3) is 0.318. The van der Waals surface area contributed by atoms with Gasteiger partial charge in [0.25, 0.3) is 5.91 Å². The van der Waals surface area contributed by atoms with Gasteiger partial charge in [-0.2, -0.15) is 4.80 Å². The molecular weight excluding hydrogens is 473 g/mol. The summed E-state index contributed by atoms with van der Waals surface area (Å²) >= 11 is 6.02. The SMILES string of the molecule is CC(NC(=O)C1(O)CC=C(F)CC1)c1ncc(-c2cc(Cl)cc(F)c2-c2nnn(C)n2)cc1F. The molecule has 0 radical (unpaired) electrons. The number of aromatic nitrogens is 5. The van der Waals surface area contributed by atoms with Gasteiger partial charge < -0.3 is 10.4 Å². The topological polar surface area (TPSA) is 106 Å². The average Bonchev–Trinajstić information content (AvgIpc) is 3.20. The summed E-state index contributed by atoms with van der Waals surface area (Å²) in [5.41, 5.74) is -1.49. The van der Waals surface area contributed by atoms with Gasteiger partial charge in [-0.3, -0.25) is 9.78 Å². The van der Waals surface area contributed by atoms with Gasteiger partial charge in [-0.25, -0.2) is 13.2 Å². The number of carbonyl (C=O) groups excluding carboxylic acids is 1. The monoisotopic (exact) mass is 492 g/mol. The fourth-order valence-electron chi connectivity index (χ4n) is 3.74. The third kappa shape index (κ3) is 4.66. The van der Waals surface area contributed by atoms with Crippen LogP contribution in [0.25, 0.3) is 22.5 Å². The van der Waals surface area contributed by atoms with Crippen LogP contribution in [-0.4, -0.2) is 41.8 Å². The minimum Gasteiger partial charge on any atom is -0.380 e. The van der Waals surface area contributed by atoms with Crippen LogP contribution in [0.5, 0.6) is 0 Å². The van der Waals surface area contributed by atoms with Gasteiger partial charge in [0.2, 0.25) is 5.82 Å². The van der Waals surface area contributed by atoms with Gasteiger partial charge >= 0.3 is 0 Å². The molecule has 0 spiro atoms. The number of tetrazole rings is 1. The lowest BCUT2D eigenvalue weighted by Gasteiger charge is -2.29. The maximum absolute atomic E-state index is 15.1. The number of hydrogen-bond acceptors (Lipinski definition) is 6. The lowest BCUT2D eigenvalue weighted by Crippen LogP contribution is -2.48. The van der Waals surface area contributed by atoms with Crippen LogP contribution in [-0.2, 0) is 11.8 Å². The molecule has 12 heteroatoms. The van der Waals surface area contributed by atoms with E-state index in [1.165, 1.54) is 26.2 Å². The smallest absolute Gasteiger partial charge is 0.252 e. The Morgan fingerprint density at radius 2 is 2.03 bits per heavy atom. The van der Waals surface area contributed by atoms with Crippen LogP contribution in [0.3, 0.4) is 0 Å². The van der Waals surface area contributed by atoms with Crippen molar-refractivity contribution >= 4 is 17.5 Å². The molecule has 1 aliphatic carbocycles. The number of aryl methyl sites for hydroxylation is 1. The van der Waals surface area contributed by atoms with Gasteiger partial charge in [0.1, 0.15) is 17.2 Å². The zero-order chi connectivity index (χ0) is 24.6. The number of halogens is 4. The number of amides is 1. The average molecular weight is 493 g/mol. The highest BCUT2D eigenvalue weighted by atomic mass is 35.5. The number of rotatable bonds is 5. The molecule has 178 valence electrons. The number of aliphatic hydroxyl groups is 1. The third-order valence-corrected chi connectivity index (χ3v) is 5.80. The summed E-state index contributed by atoms with van der Waals surface area (Å²) in [6.07, 6.45) is 2.15. The van der Waals surface area contributed by atoms with Crippen LogP contribution in [0.1, 0.15) is 37.9 Å². The van der Waals surface area contributed by atoms with Crippen molar-refractivity contribution in [2.75, 3.05) is 0 Å². The number of nitrogens with zero attached hydrogens (tertiary/aromatic N) is 5. The molecule has 0 fully saturated rings. The van der Waals surface area contributed by atoms with Crippen LogP contribution < -0.4 is 5.32 Å². The van der Waals surface area contributed by atoms with Crippen molar-refractivity contribution in [2.24, 2.45) is 7.05 Å². The summed E-state index contributed by atoms with van der Waals surface area (Å²) in [5, 5.41) is 24.6. The molecule has 2 heterocycles. The van der Waals surface area contributed by atoms with Gasteiger partial charge in [0, 0.05) is 29.6 Å². The first kappa shape index (κ1) is 23.8. The molecule has 0 bridgehead atoms. The standard InChI is InChI=1S/C22H20ClF3N6O2/c1-11(28-21(33)22(34)5-3-14(24)4-6-22)19-17(26)7-12(10-27-19)15-8-13(23)9-16(25)18(15)20-29-31-32(2)30-20/h3,7-11,34H,4-6H2,1-2H3,(H,28,33). The van der Waals surface area contributed by atoms with E-state index in [0.29, 0.717) is 0 Å². The van der Waals surface area contributed by atoms with E-state index < -0.39 is 29.2 Å². The van der Waals surface area contributed by atoms with Crippen molar-refractivity contribution in [3.63, 3.8) is 0 Å². The number of hydrogen-bond donors (Lipinski definition) is 2. The highest BCUT2D eigenvalue weighted by molar-refractivity contribution is 6.31. The van der Waals surface area contributed by atoms with Crippen molar-refractivity contribution in [1.82, 2.24) is 30.5 Å². The second kappa shape index (κ2) is 9.15. The Hall–Kier alpha value is -3.31. The Morgan fingerprint density at radius 1 is 1.26 bits per heavy atom. The van der Waals surface area contributed by atoms with Crippen molar-refractivity contribution in [2.45, 2.75) is 37.8 Å². The molecule has 1 aromatic carbocycles. The number of allylic oxidation sites excluding steroid dienone is 1. The van der Waals surface area contributed by atoms with Gasteiger partial charge in [0.05, 0.1) is 30.2 Å². The van der Waals surface area contributed by atoms with Crippen molar-refractivity contribution in [1.29, 1.82) is 0 Å². The predicted octanol–water partition coefficient (Wildman–Crippen LogP) is 3.82. The van der Waals surface area contributed by atoms with E-state index in [9.17, 15) is 18.7 Å². The first-order valence-electron chi connectivity index (χ1n) is 10.3. The summed E-state index contributed by atoms with van der Waals surface area (Å²) in [5.74, 6) is -2.63. The maximum Gasteiger partial charge on any atom is 0.252 e. The molecule has 2 atom stereocenters. The number of nitrogens with one attached hydrogen (secondary N) is 1. The lowest BCUT2D eigenvalue weighted by molar-refractivity contribution is -0.141. The molecule has 3 aromatic rings. The molecule has 8 nitrogen and oxygen atoms in total. The van der Waals surface area contributed by atoms with E-state index in [4.69, 9.17) is 11.6 Å². The Balaban J connectivity index is 1.63. The summed E-state index contributed by atoms with van der Waals surface area (Å²) in [6, 6.07) is 2.74. The molecule has 34 heavy (non-hydrogen) atoms. The molecule has 0 saturated heterocycles. The van der Waals surface area contributed by atoms with Crippen LogP contribution in [0, 0.1) is 11.6 Å². The first-order chi connectivity index (χ1) is 16.1. The van der Waals surface area contributed by atoms with Crippen LogP contribution in [0.15, 0.2) is 36.3 Å². The van der Waals surface area contributed by atoms with E-state index >= 15 is 4.39 Å². The molecule has 4 rings (SSSR count). The quantitative estimate of drug-likeness (QED) is 0.561. The minimum absolute atomic E-state index is 0.0111. The van der Waals surface area contributed by atoms with Crippen molar-refractivity contribution in [3.8, 4) is 22.5 Å². The highest BCUT2D eigenvalue weighted by Crippen LogP contribution is 2.36. The summed E-state index contributed by atoms with van der Waals surface area (Å²) in [7, 11) is 1.52. The molecule has 2 aromatic heterocycles. The molecule has 0 aliphatic heterocycles. The summed E-state index contributed by atoms with van der Waals surface area (Å²) < 4.78 is 43.1. The normalized spacial score (nSPS) is 19.0. The number of carbonyl (C=O) groups is 1. The van der Waals surface area contributed by atoms with E-state index in [0.717, 1.165) is 23.0 Å². The van der Waals surface area contributed by atoms with Gasteiger partial charge in [-0.15, -0.1) is 10.2 Å². The molecule has 0 saturated carbocycles. The minimum atomic E-state index is -1.78. The fourth-order valence-corrected chi connectivity index (χ4v) is 3.95. The molecule has 2 N–H and O–H groups in total. The van der Waals surface area contributed by atoms with Gasteiger partial charge in [-0.1, -0.05) is 11.6 Å². The Bertz CT molecular complexity index is 1300. The number of pyridine rings is 1. The van der Waals surface area contributed by atoms with E-state index in [1.54, 1.807) is 0 Å². The highest BCUT2D eigenvalue weighted by Gasteiger charge is 2.38. The zero-order valence-corrected chi connectivity index (χ0v) is 18.9. The van der Waals surface area contributed by atoms with Crippen LogP contribution in [0.2, 0.25) is 5.02 Å². The second-order valence-electron chi connectivity index (χ2n) is 8.09. The molecule has 1 amide bonds. The Morgan fingerprint density at radius 3 is 2.65 bits per heavy atom. The van der Waals surface area contributed by atoms with Crippen molar-refractivity contribution in [3.05, 3.63) is 58.6 Å². The van der Waals surface area contributed by atoms with E-state index in [2.05, 4.69) is 25.7 Å². The predicted molar refractivity (Wildman–Crippen MR) is 117 cm³/mol.